The highest BCUT2D eigenvalue weighted by atomic mass is 31.1. The summed E-state index contributed by atoms with van der Waals surface area (Å²) in [6, 6.07) is 0. The zero-order chi connectivity index (χ0) is 7.28. The standard InChI is InChI=1S/C5H14NO2P/c1-5(9(7)8)3-2-4-6/h5,9H,2-4,6H2,1H3,(H,7,8). The van der Waals surface area contributed by atoms with Gasteiger partial charge in [0.25, 0.3) is 0 Å². The Hall–Kier alpha value is 0.150. The lowest BCUT2D eigenvalue weighted by Gasteiger charge is -2.03. The van der Waals surface area contributed by atoms with Crippen molar-refractivity contribution in [3.63, 3.8) is 0 Å². The summed E-state index contributed by atoms with van der Waals surface area (Å²) in [5.41, 5.74) is 5.15. The Bertz CT molecular complexity index is 97.0. The van der Waals surface area contributed by atoms with E-state index in [2.05, 4.69) is 0 Å². The molecule has 3 N–H and O–H groups in total. The first-order valence-corrected chi connectivity index (χ1v) is 4.54. The van der Waals surface area contributed by atoms with Crippen LogP contribution in [0.15, 0.2) is 0 Å². The summed E-state index contributed by atoms with van der Waals surface area (Å²) in [5, 5.41) is 0. The van der Waals surface area contributed by atoms with E-state index < -0.39 is 8.03 Å². The quantitative estimate of drug-likeness (QED) is 0.577. The van der Waals surface area contributed by atoms with Crippen molar-refractivity contribution in [2.24, 2.45) is 5.73 Å². The van der Waals surface area contributed by atoms with Crippen molar-refractivity contribution in [2.45, 2.75) is 25.4 Å². The van der Waals surface area contributed by atoms with Gasteiger partial charge in [0.1, 0.15) is 0 Å². The van der Waals surface area contributed by atoms with Crippen LogP contribution in [-0.2, 0) is 4.57 Å². The molecule has 0 aromatic carbocycles. The van der Waals surface area contributed by atoms with Crippen molar-refractivity contribution in [1.82, 2.24) is 0 Å². The zero-order valence-electron chi connectivity index (χ0n) is 5.63. The predicted molar refractivity (Wildman–Crippen MR) is 39.0 cm³/mol. The summed E-state index contributed by atoms with van der Waals surface area (Å²) in [5.74, 6) is 0. The average Bonchev–Trinajstić information content (AvgIpc) is 1.82. The third-order valence-corrected chi connectivity index (χ3v) is 2.39. The predicted octanol–water partition coefficient (Wildman–Crippen LogP) is 0.581. The molecule has 2 atom stereocenters. The fourth-order valence-corrected chi connectivity index (χ4v) is 0.999. The molecule has 2 unspecified atom stereocenters. The van der Waals surface area contributed by atoms with Crippen molar-refractivity contribution in [1.29, 1.82) is 0 Å². The fraction of sp³-hybridized carbons (Fsp3) is 1.00. The molecule has 0 saturated carbocycles. The normalized spacial score (nSPS) is 17.2. The Morgan fingerprint density at radius 2 is 2.33 bits per heavy atom. The lowest BCUT2D eigenvalue weighted by Crippen LogP contribution is -2.03. The SMILES string of the molecule is CC(CCCN)[PH](=O)O. The van der Waals surface area contributed by atoms with Gasteiger partial charge in [0.15, 0.2) is 8.03 Å². The minimum absolute atomic E-state index is 0.0569. The highest BCUT2D eigenvalue weighted by Gasteiger charge is 2.05. The Morgan fingerprint density at radius 1 is 1.78 bits per heavy atom. The highest BCUT2D eigenvalue weighted by molar-refractivity contribution is 7.38. The Morgan fingerprint density at radius 3 is 2.67 bits per heavy atom. The van der Waals surface area contributed by atoms with Crippen LogP contribution in [0.2, 0.25) is 0 Å². The summed E-state index contributed by atoms with van der Waals surface area (Å²) in [6.45, 7) is 2.39. The molecule has 4 heteroatoms. The van der Waals surface area contributed by atoms with E-state index in [4.69, 9.17) is 10.6 Å². The molecule has 0 radical (unpaired) electrons. The second kappa shape index (κ2) is 4.98. The van der Waals surface area contributed by atoms with E-state index in [1.54, 1.807) is 6.92 Å². The van der Waals surface area contributed by atoms with Gasteiger partial charge in [0, 0.05) is 5.66 Å². The third-order valence-electron chi connectivity index (χ3n) is 1.26. The van der Waals surface area contributed by atoms with E-state index in [0.29, 0.717) is 6.54 Å². The minimum atomic E-state index is -2.29. The molecule has 9 heavy (non-hydrogen) atoms. The van der Waals surface area contributed by atoms with Crippen LogP contribution in [0.5, 0.6) is 0 Å². The van der Waals surface area contributed by atoms with Crippen LogP contribution >= 0.6 is 8.03 Å². The Kier molecular flexibility index (Phi) is 5.06. The van der Waals surface area contributed by atoms with Gasteiger partial charge in [-0.25, -0.2) is 0 Å². The Balaban J connectivity index is 3.27. The smallest absolute Gasteiger partial charge is 0.191 e. The zero-order valence-corrected chi connectivity index (χ0v) is 6.63. The van der Waals surface area contributed by atoms with Gasteiger partial charge in [-0.3, -0.25) is 4.57 Å². The molecule has 0 spiro atoms. The summed E-state index contributed by atoms with van der Waals surface area (Å²) in [6.07, 6.45) is 1.61. The van der Waals surface area contributed by atoms with Crippen LogP contribution < -0.4 is 5.73 Å². The summed E-state index contributed by atoms with van der Waals surface area (Å²) in [4.78, 5) is 8.55. The molecular formula is C5H14NO2P. The van der Waals surface area contributed by atoms with Gasteiger partial charge in [0.05, 0.1) is 0 Å². The topological polar surface area (TPSA) is 63.3 Å². The molecule has 56 valence electrons. The highest BCUT2D eigenvalue weighted by Crippen LogP contribution is 2.24. The Labute approximate surface area is 56.1 Å². The van der Waals surface area contributed by atoms with Crippen LogP contribution in [0, 0.1) is 0 Å². The molecule has 0 aromatic heterocycles. The molecule has 0 amide bonds. The van der Waals surface area contributed by atoms with Gasteiger partial charge in [0.2, 0.25) is 0 Å². The van der Waals surface area contributed by atoms with Crippen molar-refractivity contribution in [3.05, 3.63) is 0 Å². The molecule has 0 aliphatic rings. The van der Waals surface area contributed by atoms with Crippen LogP contribution in [0.3, 0.4) is 0 Å². The van der Waals surface area contributed by atoms with Crippen molar-refractivity contribution >= 4 is 8.03 Å². The average molecular weight is 151 g/mol. The van der Waals surface area contributed by atoms with Gasteiger partial charge >= 0.3 is 0 Å². The fourth-order valence-electron chi connectivity index (χ4n) is 0.548. The molecule has 0 saturated heterocycles. The first-order valence-electron chi connectivity index (χ1n) is 3.11. The van der Waals surface area contributed by atoms with Gasteiger partial charge < -0.3 is 10.6 Å². The van der Waals surface area contributed by atoms with Crippen molar-refractivity contribution < 1.29 is 9.46 Å². The number of hydrogen-bond donors (Lipinski definition) is 2. The maximum absolute atomic E-state index is 10.3. The summed E-state index contributed by atoms with van der Waals surface area (Å²) in [7, 11) is -2.29. The van der Waals surface area contributed by atoms with Crippen LogP contribution in [0.25, 0.3) is 0 Å². The second-order valence-corrected chi connectivity index (χ2v) is 3.83. The molecule has 3 nitrogen and oxygen atoms in total. The number of nitrogens with two attached hydrogens (primary N) is 1. The van der Waals surface area contributed by atoms with E-state index in [1.807, 2.05) is 0 Å². The van der Waals surface area contributed by atoms with E-state index in [1.165, 1.54) is 0 Å². The molecule has 0 rings (SSSR count). The van der Waals surface area contributed by atoms with E-state index in [-0.39, 0.29) is 5.66 Å². The lowest BCUT2D eigenvalue weighted by atomic mass is 10.2. The van der Waals surface area contributed by atoms with Gasteiger partial charge in [-0.2, -0.15) is 0 Å². The van der Waals surface area contributed by atoms with Crippen molar-refractivity contribution in [3.8, 4) is 0 Å². The first-order chi connectivity index (χ1) is 4.18. The number of rotatable bonds is 4. The maximum atomic E-state index is 10.3. The molecule has 0 bridgehead atoms. The second-order valence-electron chi connectivity index (χ2n) is 2.17. The monoisotopic (exact) mass is 151 g/mol. The summed E-state index contributed by atoms with van der Waals surface area (Å²) < 4.78 is 10.3. The molecule has 0 aliphatic carbocycles. The van der Waals surface area contributed by atoms with E-state index in [9.17, 15) is 4.57 Å². The number of hydrogen-bond acceptors (Lipinski definition) is 2. The van der Waals surface area contributed by atoms with Crippen LogP contribution in [-0.4, -0.2) is 17.1 Å². The lowest BCUT2D eigenvalue weighted by molar-refractivity contribution is 0.486. The van der Waals surface area contributed by atoms with Gasteiger partial charge in [-0.05, 0) is 19.4 Å². The minimum Gasteiger partial charge on any atom is -0.346 e. The third kappa shape index (κ3) is 4.64. The van der Waals surface area contributed by atoms with E-state index in [0.717, 1.165) is 12.8 Å². The largest absolute Gasteiger partial charge is 0.346 e. The van der Waals surface area contributed by atoms with Crippen LogP contribution in [0.1, 0.15) is 19.8 Å². The molecule has 0 aliphatic heterocycles. The van der Waals surface area contributed by atoms with Gasteiger partial charge in [-0.15, -0.1) is 0 Å². The van der Waals surface area contributed by atoms with Crippen molar-refractivity contribution in [2.75, 3.05) is 6.54 Å². The molecule has 0 fully saturated rings. The molecular weight excluding hydrogens is 137 g/mol. The molecule has 0 heterocycles. The van der Waals surface area contributed by atoms with E-state index >= 15 is 0 Å². The summed E-state index contributed by atoms with van der Waals surface area (Å²) >= 11 is 0. The first kappa shape index (κ1) is 9.15. The molecule has 0 aromatic rings. The van der Waals surface area contributed by atoms with Crippen LogP contribution in [0.4, 0.5) is 0 Å². The maximum Gasteiger partial charge on any atom is 0.191 e. The van der Waals surface area contributed by atoms with Gasteiger partial charge in [-0.1, -0.05) is 6.92 Å².